The molecule has 0 aromatic carbocycles. The van der Waals surface area contributed by atoms with E-state index in [-0.39, 0.29) is 18.7 Å². The summed E-state index contributed by atoms with van der Waals surface area (Å²) in [6.07, 6.45) is 5.57. The van der Waals surface area contributed by atoms with Crippen LogP contribution in [0.4, 0.5) is 4.79 Å². The number of hydrogen-bond acceptors (Lipinski definition) is 6. The highest BCUT2D eigenvalue weighted by atomic mass is 16.6. The first-order chi connectivity index (χ1) is 11.8. The maximum Gasteiger partial charge on any atom is 0.410 e. The number of carbonyl (C=O) groups is 1. The smallest absolute Gasteiger partial charge is 0.410 e. The summed E-state index contributed by atoms with van der Waals surface area (Å²) in [7, 11) is 1.83. The van der Waals surface area contributed by atoms with E-state index in [4.69, 9.17) is 9.84 Å². The van der Waals surface area contributed by atoms with Crippen molar-refractivity contribution < 1.29 is 14.6 Å². The Morgan fingerprint density at radius 1 is 1.40 bits per heavy atom. The minimum Gasteiger partial charge on any atom is -0.444 e. The first-order valence-electron chi connectivity index (χ1n) is 8.97. The van der Waals surface area contributed by atoms with Gasteiger partial charge in [0.25, 0.3) is 0 Å². The molecule has 8 heteroatoms. The molecule has 1 aromatic heterocycles. The monoisotopic (exact) mass is 353 g/mol. The molecule has 2 rings (SSSR count). The van der Waals surface area contributed by atoms with Crippen LogP contribution in [0, 0.1) is 0 Å². The lowest BCUT2D eigenvalue weighted by atomic mass is 9.90. The van der Waals surface area contributed by atoms with E-state index in [9.17, 15) is 4.79 Å². The van der Waals surface area contributed by atoms with Gasteiger partial charge in [-0.1, -0.05) is 5.21 Å². The number of aliphatic hydroxyl groups excluding tert-OH is 1. The summed E-state index contributed by atoms with van der Waals surface area (Å²) >= 11 is 0. The van der Waals surface area contributed by atoms with E-state index in [1.807, 2.05) is 34.0 Å². The van der Waals surface area contributed by atoms with Crippen LogP contribution in [0.5, 0.6) is 0 Å². The van der Waals surface area contributed by atoms with Gasteiger partial charge >= 0.3 is 6.09 Å². The molecule has 0 saturated heterocycles. The molecule has 1 heterocycles. The number of aromatic nitrogens is 3. The van der Waals surface area contributed by atoms with Gasteiger partial charge in [-0.15, -0.1) is 5.10 Å². The second-order valence-corrected chi connectivity index (χ2v) is 7.67. The number of carbonyl (C=O) groups excluding carboxylic acids is 1. The van der Waals surface area contributed by atoms with Crippen molar-refractivity contribution in [2.45, 2.75) is 77.2 Å². The molecule has 1 aliphatic rings. The Kier molecular flexibility index (Phi) is 6.78. The van der Waals surface area contributed by atoms with Crippen LogP contribution in [-0.4, -0.2) is 62.4 Å². The number of hydrogen-bond donors (Lipinski definition) is 2. The Bertz CT molecular complexity index is 547. The van der Waals surface area contributed by atoms with Gasteiger partial charge in [0, 0.05) is 31.9 Å². The zero-order valence-corrected chi connectivity index (χ0v) is 15.7. The summed E-state index contributed by atoms with van der Waals surface area (Å²) in [5, 5.41) is 20.5. The van der Waals surface area contributed by atoms with Crippen molar-refractivity contribution in [1.82, 2.24) is 25.2 Å². The summed E-state index contributed by atoms with van der Waals surface area (Å²) in [6.45, 7) is 6.85. The molecular weight excluding hydrogens is 322 g/mol. The van der Waals surface area contributed by atoms with Crippen molar-refractivity contribution in [1.29, 1.82) is 0 Å². The third kappa shape index (κ3) is 6.28. The maximum absolute atomic E-state index is 12.2. The van der Waals surface area contributed by atoms with Crippen molar-refractivity contribution in [2.24, 2.45) is 0 Å². The zero-order chi connectivity index (χ0) is 18.4. The predicted molar refractivity (Wildman–Crippen MR) is 94.0 cm³/mol. The second-order valence-electron chi connectivity index (χ2n) is 7.67. The largest absolute Gasteiger partial charge is 0.444 e. The van der Waals surface area contributed by atoms with E-state index in [1.165, 1.54) is 0 Å². The lowest BCUT2D eigenvalue weighted by Gasteiger charge is -2.35. The molecule has 8 nitrogen and oxygen atoms in total. The second kappa shape index (κ2) is 8.62. The summed E-state index contributed by atoms with van der Waals surface area (Å²) in [6, 6.07) is 0.657. The number of nitrogens with zero attached hydrogens (tertiary/aromatic N) is 4. The molecule has 0 unspecified atom stereocenters. The van der Waals surface area contributed by atoms with Crippen LogP contribution in [0.25, 0.3) is 0 Å². The number of aliphatic hydroxyl groups is 1. The van der Waals surface area contributed by atoms with Gasteiger partial charge in [-0.3, -0.25) is 0 Å². The molecule has 0 radical (unpaired) electrons. The summed E-state index contributed by atoms with van der Waals surface area (Å²) < 4.78 is 7.09. The number of nitrogens with one attached hydrogen (secondary N) is 1. The van der Waals surface area contributed by atoms with Gasteiger partial charge in [-0.05, 0) is 46.5 Å². The molecule has 142 valence electrons. The highest BCUT2D eigenvalue weighted by molar-refractivity contribution is 5.68. The van der Waals surface area contributed by atoms with Crippen molar-refractivity contribution in [2.75, 3.05) is 13.7 Å². The van der Waals surface area contributed by atoms with Crippen LogP contribution >= 0.6 is 0 Å². The van der Waals surface area contributed by atoms with Crippen LogP contribution in [0.3, 0.4) is 0 Å². The minimum atomic E-state index is -0.461. The number of amides is 1. The Morgan fingerprint density at radius 2 is 2.08 bits per heavy atom. The molecule has 25 heavy (non-hydrogen) atoms. The third-order valence-electron chi connectivity index (χ3n) is 4.41. The van der Waals surface area contributed by atoms with Gasteiger partial charge in [0.1, 0.15) is 5.60 Å². The van der Waals surface area contributed by atoms with Crippen LogP contribution in [0.2, 0.25) is 0 Å². The number of ether oxygens (including phenoxy) is 1. The maximum atomic E-state index is 12.2. The van der Waals surface area contributed by atoms with E-state index in [0.717, 1.165) is 31.4 Å². The average molecular weight is 353 g/mol. The minimum absolute atomic E-state index is 0.0609. The lowest BCUT2D eigenvalue weighted by Crippen LogP contribution is -2.44. The molecule has 0 bridgehead atoms. The fourth-order valence-corrected chi connectivity index (χ4v) is 3.03. The Labute approximate surface area is 149 Å². The first kappa shape index (κ1) is 19.7. The topological polar surface area (TPSA) is 92.5 Å². The standard InChI is InChI=1S/C17H31N5O3/c1-17(2,3)25-16(24)21(4)15-7-5-13(6-8-15)18-11-14-12-22(9-10-23)20-19-14/h12-13,15,18,23H,5-11H2,1-4H3. The van der Waals surface area contributed by atoms with Crippen molar-refractivity contribution >= 4 is 6.09 Å². The third-order valence-corrected chi connectivity index (χ3v) is 4.41. The van der Waals surface area contributed by atoms with Crippen LogP contribution in [0.1, 0.15) is 52.1 Å². The van der Waals surface area contributed by atoms with E-state index in [0.29, 0.717) is 19.1 Å². The van der Waals surface area contributed by atoms with Gasteiger partial charge in [0.05, 0.1) is 18.8 Å². The van der Waals surface area contributed by atoms with Gasteiger partial charge < -0.3 is 20.1 Å². The molecule has 1 aromatic rings. The van der Waals surface area contributed by atoms with Crippen molar-refractivity contribution in [3.63, 3.8) is 0 Å². The van der Waals surface area contributed by atoms with E-state index in [2.05, 4.69) is 15.6 Å². The molecular formula is C17H31N5O3. The average Bonchev–Trinajstić information content (AvgIpc) is 2.99. The molecule has 0 atom stereocenters. The normalized spacial score (nSPS) is 21.2. The summed E-state index contributed by atoms with van der Waals surface area (Å²) in [5.41, 5.74) is 0.416. The molecule has 1 fully saturated rings. The Hall–Kier alpha value is -1.67. The molecule has 2 N–H and O–H groups in total. The Morgan fingerprint density at radius 3 is 2.68 bits per heavy atom. The Balaban J connectivity index is 1.72. The molecule has 1 amide bonds. The van der Waals surface area contributed by atoms with Gasteiger partial charge in [-0.25, -0.2) is 9.48 Å². The molecule has 0 spiro atoms. The highest BCUT2D eigenvalue weighted by Crippen LogP contribution is 2.24. The molecule has 1 aliphatic carbocycles. The summed E-state index contributed by atoms with van der Waals surface area (Å²) in [4.78, 5) is 13.9. The fraction of sp³-hybridized carbons (Fsp3) is 0.824. The number of rotatable bonds is 6. The summed E-state index contributed by atoms with van der Waals surface area (Å²) in [5.74, 6) is 0. The fourth-order valence-electron chi connectivity index (χ4n) is 3.03. The van der Waals surface area contributed by atoms with E-state index >= 15 is 0 Å². The van der Waals surface area contributed by atoms with Crippen LogP contribution in [-0.2, 0) is 17.8 Å². The SMILES string of the molecule is CN(C(=O)OC(C)(C)C)C1CCC(NCc2cn(CCO)nn2)CC1. The lowest BCUT2D eigenvalue weighted by molar-refractivity contribution is 0.0179. The quantitative estimate of drug-likeness (QED) is 0.806. The van der Waals surface area contributed by atoms with Gasteiger partial charge in [0.15, 0.2) is 0 Å². The van der Waals surface area contributed by atoms with Crippen molar-refractivity contribution in [3.8, 4) is 0 Å². The van der Waals surface area contributed by atoms with Crippen LogP contribution < -0.4 is 5.32 Å². The molecule has 0 aliphatic heterocycles. The van der Waals surface area contributed by atoms with Crippen LogP contribution in [0.15, 0.2) is 6.20 Å². The first-order valence-corrected chi connectivity index (χ1v) is 8.97. The molecule has 1 saturated carbocycles. The van der Waals surface area contributed by atoms with E-state index in [1.54, 1.807) is 9.58 Å². The van der Waals surface area contributed by atoms with Crippen molar-refractivity contribution in [3.05, 3.63) is 11.9 Å². The van der Waals surface area contributed by atoms with E-state index < -0.39 is 5.60 Å². The predicted octanol–water partition coefficient (Wildman–Crippen LogP) is 1.54. The van der Waals surface area contributed by atoms with Gasteiger partial charge in [0.2, 0.25) is 0 Å². The highest BCUT2D eigenvalue weighted by Gasteiger charge is 2.29. The van der Waals surface area contributed by atoms with Gasteiger partial charge in [-0.2, -0.15) is 0 Å². The zero-order valence-electron chi connectivity index (χ0n) is 15.7.